The molecule has 1 atom stereocenters. The summed E-state index contributed by atoms with van der Waals surface area (Å²) in [6, 6.07) is 0. The van der Waals surface area contributed by atoms with Gasteiger partial charge in [-0.2, -0.15) is 0 Å². The van der Waals surface area contributed by atoms with Crippen LogP contribution >= 0.6 is 11.6 Å². The van der Waals surface area contributed by atoms with Crippen LogP contribution in [0.5, 0.6) is 0 Å². The Labute approximate surface area is 106 Å². The minimum Gasteiger partial charge on any atom is -0.337 e. The molecular formula is C12H16ClN3O. The van der Waals surface area contributed by atoms with Crippen molar-refractivity contribution in [1.82, 2.24) is 14.9 Å². The number of halogens is 1. The van der Waals surface area contributed by atoms with Crippen molar-refractivity contribution in [3.8, 4) is 0 Å². The number of aromatic nitrogens is 2. The second-order valence-electron chi connectivity index (χ2n) is 4.42. The molecule has 1 aliphatic heterocycles. The second kappa shape index (κ2) is 5.45. The summed E-state index contributed by atoms with van der Waals surface area (Å²) in [5.74, 6) is 0.578. The average molecular weight is 254 g/mol. The summed E-state index contributed by atoms with van der Waals surface area (Å²) in [4.78, 5) is 21.9. The molecule has 0 aliphatic carbocycles. The smallest absolute Gasteiger partial charge is 0.274 e. The first-order chi connectivity index (χ1) is 8.20. The summed E-state index contributed by atoms with van der Waals surface area (Å²) in [5.41, 5.74) is 0.342. The SMILES string of the molecule is CCCC1CCN(C(=O)c2cncc(Cl)n2)C1. The summed E-state index contributed by atoms with van der Waals surface area (Å²) in [6.45, 7) is 3.82. The van der Waals surface area contributed by atoms with Crippen LogP contribution in [0.15, 0.2) is 12.4 Å². The van der Waals surface area contributed by atoms with Crippen LogP contribution in [-0.4, -0.2) is 33.9 Å². The molecule has 17 heavy (non-hydrogen) atoms. The van der Waals surface area contributed by atoms with Gasteiger partial charge in [0.05, 0.1) is 12.4 Å². The highest BCUT2D eigenvalue weighted by atomic mass is 35.5. The molecule has 2 rings (SSSR count). The van der Waals surface area contributed by atoms with Crippen LogP contribution in [0, 0.1) is 5.92 Å². The standard InChI is InChI=1S/C12H16ClN3O/c1-2-3-9-4-5-16(8-9)12(17)10-6-14-7-11(13)15-10/h6-7,9H,2-5,8H2,1H3. The monoisotopic (exact) mass is 253 g/mol. The Kier molecular flexibility index (Phi) is 3.94. The number of carbonyl (C=O) groups excluding carboxylic acids is 1. The minimum absolute atomic E-state index is 0.0568. The highest BCUT2D eigenvalue weighted by Gasteiger charge is 2.27. The molecule has 1 aliphatic rings. The Morgan fingerprint density at radius 1 is 1.59 bits per heavy atom. The van der Waals surface area contributed by atoms with Gasteiger partial charge in [-0.05, 0) is 18.8 Å². The van der Waals surface area contributed by atoms with E-state index in [9.17, 15) is 4.79 Å². The molecule has 1 amide bonds. The summed E-state index contributed by atoms with van der Waals surface area (Å²) in [6.07, 6.45) is 6.35. The van der Waals surface area contributed by atoms with Crippen molar-refractivity contribution >= 4 is 17.5 Å². The van der Waals surface area contributed by atoms with E-state index in [2.05, 4.69) is 16.9 Å². The van der Waals surface area contributed by atoms with Gasteiger partial charge in [0, 0.05) is 13.1 Å². The lowest BCUT2D eigenvalue weighted by atomic mass is 10.0. The Bertz CT molecular complexity index is 410. The quantitative estimate of drug-likeness (QED) is 0.831. The Morgan fingerprint density at radius 2 is 2.41 bits per heavy atom. The van der Waals surface area contributed by atoms with Gasteiger partial charge < -0.3 is 4.90 Å². The molecule has 1 aromatic rings. The van der Waals surface area contributed by atoms with E-state index in [0.717, 1.165) is 19.5 Å². The Balaban J connectivity index is 2.02. The van der Waals surface area contributed by atoms with E-state index in [0.29, 0.717) is 11.6 Å². The van der Waals surface area contributed by atoms with Crippen molar-refractivity contribution in [2.75, 3.05) is 13.1 Å². The van der Waals surface area contributed by atoms with E-state index < -0.39 is 0 Å². The van der Waals surface area contributed by atoms with Crippen LogP contribution in [-0.2, 0) is 0 Å². The average Bonchev–Trinajstić information content (AvgIpc) is 2.77. The van der Waals surface area contributed by atoms with Gasteiger partial charge in [0.1, 0.15) is 10.8 Å². The third kappa shape index (κ3) is 2.94. The van der Waals surface area contributed by atoms with Gasteiger partial charge in [-0.25, -0.2) is 4.98 Å². The van der Waals surface area contributed by atoms with Gasteiger partial charge in [0.15, 0.2) is 0 Å². The highest BCUT2D eigenvalue weighted by Crippen LogP contribution is 2.22. The number of amides is 1. The lowest BCUT2D eigenvalue weighted by molar-refractivity contribution is 0.0780. The molecule has 1 fully saturated rings. The summed E-state index contributed by atoms with van der Waals surface area (Å²) >= 11 is 5.73. The van der Waals surface area contributed by atoms with Gasteiger partial charge in [0.2, 0.25) is 0 Å². The zero-order chi connectivity index (χ0) is 12.3. The fourth-order valence-corrected chi connectivity index (χ4v) is 2.42. The van der Waals surface area contributed by atoms with E-state index in [1.165, 1.54) is 25.2 Å². The van der Waals surface area contributed by atoms with Crippen LogP contribution in [0.4, 0.5) is 0 Å². The lowest BCUT2D eigenvalue weighted by Crippen LogP contribution is -2.29. The van der Waals surface area contributed by atoms with Crippen molar-refractivity contribution in [1.29, 1.82) is 0 Å². The van der Waals surface area contributed by atoms with Crippen molar-refractivity contribution in [3.05, 3.63) is 23.2 Å². The molecule has 0 N–H and O–H groups in total. The molecule has 0 aromatic carbocycles. The fourth-order valence-electron chi connectivity index (χ4n) is 2.27. The second-order valence-corrected chi connectivity index (χ2v) is 4.81. The molecule has 0 bridgehead atoms. The highest BCUT2D eigenvalue weighted by molar-refractivity contribution is 6.29. The third-order valence-corrected chi connectivity index (χ3v) is 3.28. The van der Waals surface area contributed by atoms with E-state index in [1.54, 1.807) is 0 Å². The number of carbonyl (C=O) groups is 1. The van der Waals surface area contributed by atoms with Crippen molar-refractivity contribution in [2.24, 2.45) is 5.92 Å². The molecule has 1 saturated heterocycles. The third-order valence-electron chi connectivity index (χ3n) is 3.09. The van der Waals surface area contributed by atoms with Crippen LogP contribution in [0.1, 0.15) is 36.7 Å². The zero-order valence-corrected chi connectivity index (χ0v) is 10.7. The number of nitrogens with zero attached hydrogens (tertiary/aromatic N) is 3. The maximum atomic E-state index is 12.1. The topological polar surface area (TPSA) is 46.1 Å². The van der Waals surface area contributed by atoms with E-state index in [-0.39, 0.29) is 11.1 Å². The van der Waals surface area contributed by atoms with Crippen LogP contribution in [0.3, 0.4) is 0 Å². The molecule has 92 valence electrons. The predicted molar refractivity (Wildman–Crippen MR) is 66.0 cm³/mol. The minimum atomic E-state index is -0.0568. The summed E-state index contributed by atoms with van der Waals surface area (Å²) in [5, 5.41) is 0.264. The number of likely N-dealkylation sites (tertiary alicyclic amines) is 1. The van der Waals surface area contributed by atoms with Crippen molar-refractivity contribution in [3.63, 3.8) is 0 Å². The molecule has 0 saturated carbocycles. The molecule has 2 heterocycles. The molecule has 5 heteroatoms. The Hall–Kier alpha value is -1.16. The number of hydrogen-bond donors (Lipinski definition) is 0. The molecule has 1 aromatic heterocycles. The van der Waals surface area contributed by atoms with Crippen LogP contribution in [0.2, 0.25) is 5.15 Å². The van der Waals surface area contributed by atoms with Gasteiger partial charge in [0.25, 0.3) is 5.91 Å². The molecule has 0 spiro atoms. The van der Waals surface area contributed by atoms with Gasteiger partial charge in [-0.1, -0.05) is 24.9 Å². The lowest BCUT2D eigenvalue weighted by Gasteiger charge is -2.15. The van der Waals surface area contributed by atoms with Gasteiger partial charge >= 0.3 is 0 Å². The molecular weight excluding hydrogens is 238 g/mol. The maximum Gasteiger partial charge on any atom is 0.274 e. The van der Waals surface area contributed by atoms with Crippen molar-refractivity contribution in [2.45, 2.75) is 26.2 Å². The van der Waals surface area contributed by atoms with Crippen LogP contribution in [0.25, 0.3) is 0 Å². The first-order valence-electron chi connectivity index (χ1n) is 5.97. The van der Waals surface area contributed by atoms with Gasteiger partial charge in [-0.3, -0.25) is 9.78 Å². The van der Waals surface area contributed by atoms with E-state index >= 15 is 0 Å². The zero-order valence-electron chi connectivity index (χ0n) is 9.90. The maximum absolute atomic E-state index is 12.1. The van der Waals surface area contributed by atoms with E-state index in [1.807, 2.05) is 4.90 Å². The van der Waals surface area contributed by atoms with E-state index in [4.69, 9.17) is 11.6 Å². The molecule has 4 nitrogen and oxygen atoms in total. The summed E-state index contributed by atoms with van der Waals surface area (Å²) in [7, 11) is 0. The number of rotatable bonds is 3. The molecule has 0 radical (unpaired) electrons. The van der Waals surface area contributed by atoms with Gasteiger partial charge in [-0.15, -0.1) is 0 Å². The summed E-state index contributed by atoms with van der Waals surface area (Å²) < 4.78 is 0. The first kappa shape index (κ1) is 12.3. The largest absolute Gasteiger partial charge is 0.337 e. The van der Waals surface area contributed by atoms with Crippen molar-refractivity contribution < 1.29 is 4.79 Å². The Morgan fingerprint density at radius 3 is 3.12 bits per heavy atom. The predicted octanol–water partition coefficient (Wildman–Crippen LogP) is 2.39. The molecule has 1 unspecified atom stereocenters. The van der Waals surface area contributed by atoms with Crippen LogP contribution < -0.4 is 0 Å². The number of hydrogen-bond acceptors (Lipinski definition) is 3. The first-order valence-corrected chi connectivity index (χ1v) is 6.35. The normalized spacial score (nSPS) is 19.6. The fraction of sp³-hybridized carbons (Fsp3) is 0.583.